The lowest BCUT2D eigenvalue weighted by molar-refractivity contribution is -0.220. The summed E-state index contributed by atoms with van der Waals surface area (Å²) in [5, 5.41) is 0. The standard InChI is InChI=1S/C30H46F3NO3S/c1-18(2)29(34)17-11-19-10-15-27(6)20(24(19)29)8-9-22-26(5)14-13-23(37-38(35,36)30(31,32)33)25(3,4)21(26)12-16-28(22,27)7/h13,19-22,24H,1,8-12,14-17,34H2,2-7H3. The van der Waals surface area contributed by atoms with Crippen LogP contribution in [0.2, 0.25) is 0 Å². The van der Waals surface area contributed by atoms with Crippen LogP contribution >= 0.6 is 0 Å². The number of allylic oxidation sites excluding steroid dienone is 2. The van der Waals surface area contributed by atoms with E-state index in [1.165, 1.54) is 19.3 Å². The quantitative estimate of drug-likeness (QED) is 0.219. The Morgan fingerprint density at radius 1 is 0.974 bits per heavy atom. The molecule has 0 heterocycles. The molecule has 0 aromatic rings. The summed E-state index contributed by atoms with van der Waals surface area (Å²) in [7, 11) is -5.70. The van der Waals surface area contributed by atoms with E-state index < -0.39 is 21.0 Å². The van der Waals surface area contributed by atoms with Crippen molar-refractivity contribution in [1.82, 2.24) is 0 Å². The molecule has 0 radical (unpaired) electrons. The number of alkyl halides is 3. The fourth-order valence-electron chi connectivity index (χ4n) is 11.1. The Labute approximate surface area is 227 Å². The van der Waals surface area contributed by atoms with Crippen molar-refractivity contribution in [2.45, 2.75) is 110 Å². The van der Waals surface area contributed by atoms with Gasteiger partial charge in [-0.3, -0.25) is 0 Å². The Morgan fingerprint density at radius 2 is 1.58 bits per heavy atom. The second kappa shape index (κ2) is 8.27. The van der Waals surface area contributed by atoms with Gasteiger partial charge in [-0.25, -0.2) is 0 Å². The van der Waals surface area contributed by atoms with E-state index in [0.29, 0.717) is 30.1 Å². The molecule has 0 saturated heterocycles. The zero-order valence-corrected chi connectivity index (χ0v) is 24.7. The number of hydrogen-bond acceptors (Lipinski definition) is 4. The molecular weight excluding hydrogens is 511 g/mol. The van der Waals surface area contributed by atoms with Gasteiger partial charge in [-0.05, 0) is 117 Å². The van der Waals surface area contributed by atoms with E-state index >= 15 is 0 Å². The molecule has 4 saturated carbocycles. The summed E-state index contributed by atoms with van der Waals surface area (Å²) in [5.74, 6) is 2.02. The third-order valence-corrected chi connectivity index (χ3v) is 14.2. The molecule has 9 atom stereocenters. The van der Waals surface area contributed by atoms with E-state index in [1.54, 1.807) is 6.08 Å². The molecule has 9 unspecified atom stereocenters. The monoisotopic (exact) mass is 557 g/mol. The Hall–Kier alpha value is -1.02. The first kappa shape index (κ1) is 28.5. The number of halogens is 3. The average molecular weight is 558 g/mol. The number of nitrogens with two attached hydrogens (primary N) is 1. The van der Waals surface area contributed by atoms with Crippen LogP contribution < -0.4 is 5.73 Å². The maximum atomic E-state index is 13.2. The minimum Gasteiger partial charge on any atom is -0.380 e. The van der Waals surface area contributed by atoms with Crippen molar-refractivity contribution in [2.24, 2.45) is 57.0 Å². The molecule has 4 fully saturated rings. The molecule has 38 heavy (non-hydrogen) atoms. The van der Waals surface area contributed by atoms with Crippen LogP contribution in [0.15, 0.2) is 24.0 Å². The van der Waals surface area contributed by atoms with Gasteiger partial charge in [-0.15, -0.1) is 0 Å². The molecular formula is C30H46F3NO3S. The first-order valence-electron chi connectivity index (χ1n) is 14.4. The maximum absolute atomic E-state index is 13.2. The van der Waals surface area contributed by atoms with Crippen LogP contribution in [0.1, 0.15) is 99.3 Å². The van der Waals surface area contributed by atoms with Crippen molar-refractivity contribution in [3.63, 3.8) is 0 Å². The lowest BCUT2D eigenvalue weighted by Gasteiger charge is -2.71. The molecule has 4 nitrogen and oxygen atoms in total. The molecule has 0 aromatic heterocycles. The SMILES string of the molecule is C=C(C)C1(N)CCC2CCC3(C)C(CCC4C5(C)CC=C(OS(=O)(=O)C(F)(F)F)C(C)(C)C5CCC43C)C21. The van der Waals surface area contributed by atoms with Gasteiger partial charge in [0.1, 0.15) is 5.76 Å². The van der Waals surface area contributed by atoms with Crippen LogP contribution in [-0.4, -0.2) is 19.5 Å². The Morgan fingerprint density at radius 3 is 2.18 bits per heavy atom. The lowest BCUT2D eigenvalue weighted by atomic mass is 9.33. The first-order valence-corrected chi connectivity index (χ1v) is 15.8. The predicted octanol–water partition coefficient (Wildman–Crippen LogP) is 7.72. The van der Waals surface area contributed by atoms with E-state index in [2.05, 4.69) is 34.3 Å². The summed E-state index contributed by atoms with van der Waals surface area (Å²) >= 11 is 0. The van der Waals surface area contributed by atoms with Crippen molar-refractivity contribution < 1.29 is 25.8 Å². The average Bonchev–Trinajstić information content (AvgIpc) is 3.13. The highest BCUT2D eigenvalue weighted by atomic mass is 32.2. The van der Waals surface area contributed by atoms with Gasteiger partial charge in [-0.1, -0.05) is 46.8 Å². The third-order valence-electron chi connectivity index (χ3n) is 13.2. The zero-order chi connectivity index (χ0) is 28.3. The van der Waals surface area contributed by atoms with Gasteiger partial charge >= 0.3 is 15.6 Å². The number of hydrogen-bond donors (Lipinski definition) is 1. The molecule has 0 aromatic carbocycles. The van der Waals surface area contributed by atoms with Crippen molar-refractivity contribution in [2.75, 3.05) is 0 Å². The molecule has 0 bridgehead atoms. The fourth-order valence-corrected chi connectivity index (χ4v) is 11.7. The highest BCUT2D eigenvalue weighted by Gasteiger charge is 2.70. The van der Waals surface area contributed by atoms with E-state index in [1.807, 2.05) is 13.8 Å². The van der Waals surface area contributed by atoms with Gasteiger partial charge in [0.05, 0.1) is 0 Å². The summed E-state index contributed by atoms with van der Waals surface area (Å²) in [6, 6.07) is 0. The molecule has 216 valence electrons. The molecule has 5 aliphatic rings. The molecule has 2 N–H and O–H groups in total. The second-order valence-electron chi connectivity index (χ2n) is 14.8. The molecule has 0 amide bonds. The Kier molecular flexibility index (Phi) is 6.20. The van der Waals surface area contributed by atoms with Crippen LogP contribution in [-0.2, 0) is 14.3 Å². The van der Waals surface area contributed by atoms with Crippen LogP contribution in [0, 0.1) is 51.2 Å². The molecule has 0 spiro atoms. The van der Waals surface area contributed by atoms with Gasteiger partial charge in [0, 0.05) is 11.0 Å². The zero-order valence-electron chi connectivity index (χ0n) is 23.9. The van der Waals surface area contributed by atoms with Crippen molar-refractivity contribution >= 4 is 10.1 Å². The summed E-state index contributed by atoms with van der Waals surface area (Å²) in [6.45, 7) is 17.5. The van der Waals surface area contributed by atoms with Gasteiger partial charge in [0.15, 0.2) is 0 Å². The highest BCUT2D eigenvalue weighted by Crippen LogP contribution is 2.76. The summed E-state index contributed by atoms with van der Waals surface area (Å²) in [4.78, 5) is 0. The molecule has 5 aliphatic carbocycles. The maximum Gasteiger partial charge on any atom is 0.534 e. The smallest absolute Gasteiger partial charge is 0.380 e. The van der Waals surface area contributed by atoms with Crippen molar-refractivity contribution in [1.29, 1.82) is 0 Å². The Bertz CT molecular complexity index is 1160. The Balaban J connectivity index is 1.51. The van der Waals surface area contributed by atoms with Crippen molar-refractivity contribution in [3.8, 4) is 0 Å². The topological polar surface area (TPSA) is 69.4 Å². The predicted molar refractivity (Wildman–Crippen MR) is 143 cm³/mol. The van der Waals surface area contributed by atoms with E-state index in [-0.39, 0.29) is 33.5 Å². The van der Waals surface area contributed by atoms with Gasteiger partial charge in [0.2, 0.25) is 0 Å². The highest BCUT2D eigenvalue weighted by molar-refractivity contribution is 7.87. The van der Waals surface area contributed by atoms with Crippen molar-refractivity contribution in [3.05, 3.63) is 24.0 Å². The van der Waals surface area contributed by atoms with Crippen LogP contribution in [0.3, 0.4) is 0 Å². The van der Waals surface area contributed by atoms with E-state index in [0.717, 1.165) is 37.7 Å². The van der Waals surface area contributed by atoms with E-state index in [9.17, 15) is 21.6 Å². The lowest BCUT2D eigenvalue weighted by Crippen LogP contribution is -2.66. The summed E-state index contributed by atoms with van der Waals surface area (Å²) in [6.07, 6.45) is 10.8. The number of fused-ring (bicyclic) bond motifs is 7. The minimum absolute atomic E-state index is 0.0310. The minimum atomic E-state index is -5.70. The largest absolute Gasteiger partial charge is 0.534 e. The fraction of sp³-hybridized carbons (Fsp3) is 0.867. The summed E-state index contributed by atoms with van der Waals surface area (Å²) in [5.41, 5.74) is 1.74. The molecule has 5 rings (SSSR count). The van der Waals surface area contributed by atoms with Gasteiger partial charge in [-0.2, -0.15) is 21.6 Å². The van der Waals surface area contributed by atoms with Gasteiger partial charge in [0.25, 0.3) is 0 Å². The van der Waals surface area contributed by atoms with Crippen LogP contribution in [0.25, 0.3) is 0 Å². The first-order chi connectivity index (χ1) is 17.3. The van der Waals surface area contributed by atoms with Gasteiger partial charge < -0.3 is 9.92 Å². The molecule has 8 heteroatoms. The normalized spacial score (nSPS) is 48.2. The van der Waals surface area contributed by atoms with Crippen LogP contribution in [0.4, 0.5) is 13.2 Å². The number of rotatable bonds is 3. The van der Waals surface area contributed by atoms with E-state index in [4.69, 9.17) is 9.92 Å². The van der Waals surface area contributed by atoms with Crippen LogP contribution in [0.5, 0.6) is 0 Å². The second-order valence-corrected chi connectivity index (χ2v) is 16.4. The third kappa shape index (κ3) is 3.53. The molecule has 0 aliphatic heterocycles. The summed E-state index contributed by atoms with van der Waals surface area (Å²) < 4.78 is 68.1.